The zero-order valence-electron chi connectivity index (χ0n) is 10.6. The van der Waals surface area contributed by atoms with Crippen LogP contribution in [0.2, 0.25) is 10.3 Å². The van der Waals surface area contributed by atoms with Gasteiger partial charge in [-0.3, -0.25) is 4.79 Å². The molecular weight excluding hydrogens is 299 g/mol. The van der Waals surface area contributed by atoms with E-state index in [2.05, 4.69) is 20.4 Å². The zero-order valence-corrected chi connectivity index (χ0v) is 12.1. The summed E-state index contributed by atoms with van der Waals surface area (Å²) in [6, 6.07) is 6.87. The molecule has 2 aromatic heterocycles. The first kappa shape index (κ1) is 14.8. The summed E-state index contributed by atoms with van der Waals surface area (Å²) in [4.78, 5) is 11.8. The summed E-state index contributed by atoms with van der Waals surface area (Å²) in [7, 11) is 0. The SMILES string of the molecule is O=C(CCc1ccc(Cl)nn1)CCc1ccc(Cl)nn1. The Hall–Kier alpha value is -1.59. The number of Topliss-reactive ketones (excluding diaryl/α,β-unsaturated/α-hetero) is 1. The Bertz CT molecular complexity index is 520. The van der Waals surface area contributed by atoms with Crippen LogP contribution >= 0.6 is 23.2 Å². The minimum absolute atomic E-state index is 0.151. The number of nitrogens with zero attached hydrogens (tertiary/aromatic N) is 4. The fraction of sp³-hybridized carbons (Fsp3) is 0.308. The Morgan fingerprint density at radius 1 is 0.800 bits per heavy atom. The lowest BCUT2D eigenvalue weighted by Gasteiger charge is -2.01. The molecule has 2 aromatic rings. The van der Waals surface area contributed by atoms with Crippen molar-refractivity contribution >= 4 is 29.0 Å². The van der Waals surface area contributed by atoms with E-state index in [9.17, 15) is 4.79 Å². The maximum Gasteiger partial charge on any atom is 0.151 e. The van der Waals surface area contributed by atoms with Gasteiger partial charge in [-0.05, 0) is 37.1 Å². The number of ketones is 1. The third-order valence-electron chi connectivity index (χ3n) is 2.69. The minimum Gasteiger partial charge on any atom is -0.300 e. The summed E-state index contributed by atoms with van der Waals surface area (Å²) in [5.41, 5.74) is 1.52. The quantitative estimate of drug-likeness (QED) is 0.820. The summed E-state index contributed by atoms with van der Waals surface area (Å²) in [6.07, 6.45) is 1.99. The fourth-order valence-corrected chi connectivity index (χ4v) is 1.82. The van der Waals surface area contributed by atoms with Crippen molar-refractivity contribution in [2.24, 2.45) is 0 Å². The van der Waals surface area contributed by atoms with E-state index >= 15 is 0 Å². The van der Waals surface area contributed by atoms with Crippen LogP contribution in [-0.4, -0.2) is 26.2 Å². The van der Waals surface area contributed by atoms with E-state index < -0.39 is 0 Å². The smallest absolute Gasteiger partial charge is 0.151 e. The van der Waals surface area contributed by atoms with Gasteiger partial charge in [-0.2, -0.15) is 10.2 Å². The van der Waals surface area contributed by atoms with E-state index in [1.165, 1.54) is 0 Å². The molecule has 0 aliphatic carbocycles. The Morgan fingerprint density at radius 2 is 1.25 bits per heavy atom. The van der Waals surface area contributed by atoms with Gasteiger partial charge < -0.3 is 0 Å². The van der Waals surface area contributed by atoms with Crippen LogP contribution in [0.25, 0.3) is 0 Å². The second-order valence-corrected chi connectivity index (χ2v) is 5.01. The molecule has 5 nitrogen and oxygen atoms in total. The van der Waals surface area contributed by atoms with Gasteiger partial charge in [-0.25, -0.2) is 0 Å². The highest BCUT2D eigenvalue weighted by Gasteiger charge is 2.06. The number of aromatic nitrogens is 4. The third kappa shape index (κ3) is 4.83. The van der Waals surface area contributed by atoms with E-state index in [0.29, 0.717) is 36.0 Å². The molecule has 0 aromatic carbocycles. The van der Waals surface area contributed by atoms with Crippen LogP contribution in [-0.2, 0) is 17.6 Å². The van der Waals surface area contributed by atoms with Gasteiger partial charge in [0.15, 0.2) is 10.3 Å². The van der Waals surface area contributed by atoms with E-state index in [4.69, 9.17) is 23.2 Å². The van der Waals surface area contributed by atoms with Gasteiger partial charge in [0.05, 0.1) is 11.4 Å². The zero-order chi connectivity index (χ0) is 14.4. The number of carbonyl (C=O) groups excluding carboxylic acids is 1. The van der Waals surface area contributed by atoms with Crippen LogP contribution < -0.4 is 0 Å². The lowest BCUT2D eigenvalue weighted by Crippen LogP contribution is -2.04. The van der Waals surface area contributed by atoms with Gasteiger partial charge >= 0.3 is 0 Å². The van der Waals surface area contributed by atoms with Gasteiger partial charge in [0.25, 0.3) is 0 Å². The van der Waals surface area contributed by atoms with Crippen LogP contribution in [0.3, 0.4) is 0 Å². The summed E-state index contributed by atoms with van der Waals surface area (Å²) in [6.45, 7) is 0. The summed E-state index contributed by atoms with van der Waals surface area (Å²) in [5, 5.41) is 16.0. The largest absolute Gasteiger partial charge is 0.300 e. The molecule has 7 heteroatoms. The molecule has 0 saturated heterocycles. The molecule has 0 saturated carbocycles. The first-order valence-electron chi connectivity index (χ1n) is 6.11. The molecule has 0 amide bonds. The molecule has 0 fully saturated rings. The predicted octanol–water partition coefficient (Wildman–Crippen LogP) is 2.71. The average Bonchev–Trinajstić information content (AvgIpc) is 2.46. The predicted molar refractivity (Wildman–Crippen MR) is 75.7 cm³/mol. The second kappa shape index (κ2) is 7.26. The molecular formula is C13H12Cl2N4O. The van der Waals surface area contributed by atoms with Crippen LogP contribution in [0.5, 0.6) is 0 Å². The fourth-order valence-electron chi connectivity index (χ4n) is 1.61. The second-order valence-electron chi connectivity index (χ2n) is 4.23. The normalized spacial score (nSPS) is 10.5. The molecule has 0 radical (unpaired) electrons. The van der Waals surface area contributed by atoms with Crippen molar-refractivity contribution in [3.8, 4) is 0 Å². The first-order valence-corrected chi connectivity index (χ1v) is 6.87. The van der Waals surface area contributed by atoms with Crippen LogP contribution in [0.4, 0.5) is 0 Å². The van der Waals surface area contributed by atoms with Gasteiger partial charge in [-0.15, -0.1) is 10.2 Å². The molecule has 0 unspecified atom stereocenters. The monoisotopic (exact) mass is 310 g/mol. The lowest BCUT2D eigenvalue weighted by molar-refractivity contribution is -0.119. The maximum atomic E-state index is 11.8. The van der Waals surface area contributed by atoms with E-state index in [1.807, 2.05) is 0 Å². The Kier molecular flexibility index (Phi) is 5.38. The Balaban J connectivity index is 1.75. The number of rotatable bonds is 6. The van der Waals surface area contributed by atoms with Gasteiger partial charge in [-0.1, -0.05) is 23.2 Å². The highest BCUT2D eigenvalue weighted by Crippen LogP contribution is 2.08. The van der Waals surface area contributed by atoms with Crippen molar-refractivity contribution in [3.63, 3.8) is 0 Å². The highest BCUT2D eigenvalue weighted by atomic mass is 35.5. The molecule has 2 heterocycles. The van der Waals surface area contributed by atoms with Crippen molar-refractivity contribution in [2.75, 3.05) is 0 Å². The third-order valence-corrected chi connectivity index (χ3v) is 3.10. The lowest BCUT2D eigenvalue weighted by atomic mass is 10.1. The highest BCUT2D eigenvalue weighted by molar-refractivity contribution is 6.29. The minimum atomic E-state index is 0.151. The molecule has 0 atom stereocenters. The van der Waals surface area contributed by atoms with Crippen LogP contribution in [0.1, 0.15) is 24.2 Å². The molecule has 20 heavy (non-hydrogen) atoms. The van der Waals surface area contributed by atoms with Crippen molar-refractivity contribution in [3.05, 3.63) is 46.0 Å². The Labute approximate surface area is 126 Å². The topological polar surface area (TPSA) is 68.6 Å². The number of hydrogen-bond donors (Lipinski definition) is 0. The molecule has 0 N–H and O–H groups in total. The summed E-state index contributed by atoms with van der Waals surface area (Å²) < 4.78 is 0. The standard InChI is InChI=1S/C13H12Cl2N4O/c14-12-7-3-9(16-18-12)1-5-11(20)6-2-10-4-8-13(15)19-17-10/h3-4,7-8H,1-2,5-6H2. The van der Waals surface area contributed by atoms with Crippen molar-refractivity contribution in [1.82, 2.24) is 20.4 Å². The van der Waals surface area contributed by atoms with Crippen molar-refractivity contribution < 1.29 is 4.79 Å². The summed E-state index contributed by atoms with van der Waals surface area (Å²) >= 11 is 11.3. The molecule has 2 rings (SSSR count). The van der Waals surface area contributed by atoms with Crippen molar-refractivity contribution in [2.45, 2.75) is 25.7 Å². The van der Waals surface area contributed by atoms with Gasteiger partial charge in [0, 0.05) is 12.8 Å². The number of aryl methyl sites for hydroxylation is 2. The molecule has 104 valence electrons. The maximum absolute atomic E-state index is 11.8. The van der Waals surface area contributed by atoms with E-state index in [0.717, 1.165) is 11.4 Å². The van der Waals surface area contributed by atoms with E-state index in [1.54, 1.807) is 24.3 Å². The average molecular weight is 311 g/mol. The van der Waals surface area contributed by atoms with Crippen molar-refractivity contribution in [1.29, 1.82) is 0 Å². The molecule has 0 aliphatic rings. The van der Waals surface area contributed by atoms with Gasteiger partial charge in [0.2, 0.25) is 0 Å². The van der Waals surface area contributed by atoms with Crippen LogP contribution in [0, 0.1) is 0 Å². The summed E-state index contributed by atoms with van der Waals surface area (Å²) in [5.74, 6) is 0.151. The van der Waals surface area contributed by atoms with Crippen LogP contribution in [0.15, 0.2) is 24.3 Å². The molecule has 0 spiro atoms. The first-order chi connectivity index (χ1) is 9.63. The molecule has 0 aliphatic heterocycles. The Morgan fingerprint density at radius 3 is 1.60 bits per heavy atom. The number of hydrogen-bond acceptors (Lipinski definition) is 5. The number of carbonyl (C=O) groups is 1. The molecule has 0 bridgehead atoms. The van der Waals surface area contributed by atoms with E-state index in [-0.39, 0.29) is 5.78 Å². The van der Waals surface area contributed by atoms with Gasteiger partial charge in [0.1, 0.15) is 5.78 Å². The number of halogens is 2.